The molecule has 1 heterocycles. The van der Waals surface area contributed by atoms with Crippen LogP contribution in [0.25, 0.3) is 0 Å². The molecule has 0 aromatic rings. The van der Waals surface area contributed by atoms with Crippen molar-refractivity contribution in [3.05, 3.63) is 0 Å². The Hall–Kier alpha value is -0.610. The van der Waals surface area contributed by atoms with Gasteiger partial charge < -0.3 is 10.6 Å². The monoisotopic (exact) mass is 241 g/mol. The highest BCUT2D eigenvalue weighted by atomic mass is 16.2. The molecule has 1 saturated heterocycles. The fourth-order valence-corrected chi connectivity index (χ4v) is 2.34. The Balaban J connectivity index is 2.34. The summed E-state index contributed by atoms with van der Waals surface area (Å²) in [6.45, 7) is 11.0. The van der Waals surface area contributed by atoms with Gasteiger partial charge in [-0.2, -0.15) is 0 Å². The Morgan fingerprint density at radius 2 is 2.18 bits per heavy atom. The average Bonchev–Trinajstić information content (AvgIpc) is 2.35. The van der Waals surface area contributed by atoms with Gasteiger partial charge in [0.2, 0.25) is 5.91 Å². The van der Waals surface area contributed by atoms with Crippen LogP contribution in [-0.4, -0.2) is 54.5 Å². The van der Waals surface area contributed by atoms with Gasteiger partial charge in [-0.25, -0.2) is 0 Å². The first-order chi connectivity index (χ1) is 8.08. The number of hydrogen-bond donors (Lipinski definition) is 1. The van der Waals surface area contributed by atoms with Crippen LogP contribution < -0.4 is 5.73 Å². The molecular formula is C13H27N3O. The van der Waals surface area contributed by atoms with Crippen molar-refractivity contribution in [1.29, 1.82) is 0 Å². The third-order valence-corrected chi connectivity index (χ3v) is 3.78. The highest BCUT2D eigenvalue weighted by molar-refractivity contribution is 5.76. The van der Waals surface area contributed by atoms with Gasteiger partial charge >= 0.3 is 0 Å². The van der Waals surface area contributed by atoms with Crippen LogP contribution in [0.15, 0.2) is 0 Å². The molecule has 2 atom stereocenters. The summed E-state index contributed by atoms with van der Waals surface area (Å²) in [6, 6.07) is 0.490. The first kappa shape index (κ1) is 14.5. The lowest BCUT2D eigenvalue weighted by Crippen LogP contribution is -2.53. The third-order valence-electron chi connectivity index (χ3n) is 3.78. The maximum absolute atomic E-state index is 12.0. The molecule has 2 unspecified atom stereocenters. The number of likely N-dealkylation sites (N-methyl/N-ethyl adjacent to an activating group) is 1. The predicted octanol–water partition coefficient (Wildman–Crippen LogP) is 0.914. The third kappa shape index (κ3) is 4.28. The molecule has 0 bridgehead atoms. The molecule has 1 fully saturated rings. The van der Waals surface area contributed by atoms with Crippen LogP contribution in [-0.2, 0) is 4.79 Å². The van der Waals surface area contributed by atoms with Crippen LogP contribution >= 0.6 is 0 Å². The lowest BCUT2D eigenvalue weighted by Gasteiger charge is -2.39. The van der Waals surface area contributed by atoms with Gasteiger partial charge in [0.05, 0.1) is 0 Å². The van der Waals surface area contributed by atoms with Crippen LogP contribution in [0.5, 0.6) is 0 Å². The number of rotatable bonds is 5. The van der Waals surface area contributed by atoms with Crippen molar-refractivity contribution in [3.63, 3.8) is 0 Å². The van der Waals surface area contributed by atoms with Crippen LogP contribution in [0.4, 0.5) is 0 Å². The zero-order chi connectivity index (χ0) is 12.8. The Bertz CT molecular complexity index is 245. The number of amides is 1. The predicted molar refractivity (Wildman–Crippen MR) is 70.7 cm³/mol. The lowest BCUT2D eigenvalue weighted by molar-refractivity contribution is -0.134. The molecule has 0 radical (unpaired) electrons. The molecular weight excluding hydrogens is 214 g/mol. The maximum Gasteiger partial charge on any atom is 0.222 e. The minimum atomic E-state index is 0.299. The van der Waals surface area contributed by atoms with E-state index in [0.29, 0.717) is 30.8 Å². The smallest absolute Gasteiger partial charge is 0.222 e. The van der Waals surface area contributed by atoms with E-state index in [1.54, 1.807) is 0 Å². The van der Waals surface area contributed by atoms with Gasteiger partial charge in [-0.3, -0.25) is 9.69 Å². The molecule has 0 saturated carbocycles. The molecule has 1 rings (SSSR count). The summed E-state index contributed by atoms with van der Waals surface area (Å²) in [7, 11) is 0. The number of carbonyl (C=O) groups is 1. The Kier molecular flexibility index (Phi) is 5.92. The molecule has 0 aliphatic carbocycles. The second-order valence-electron chi connectivity index (χ2n) is 5.20. The van der Waals surface area contributed by atoms with Crippen LogP contribution in [0.1, 0.15) is 33.6 Å². The SMILES string of the molecule is CCN1CCN(C(=O)CCC(C)CN)CC1C. The maximum atomic E-state index is 12.0. The molecule has 2 N–H and O–H groups in total. The summed E-state index contributed by atoms with van der Waals surface area (Å²) in [6.07, 6.45) is 1.56. The zero-order valence-corrected chi connectivity index (χ0v) is 11.5. The van der Waals surface area contributed by atoms with E-state index in [1.807, 2.05) is 4.90 Å². The van der Waals surface area contributed by atoms with Gasteiger partial charge in [0.25, 0.3) is 0 Å². The highest BCUT2D eigenvalue weighted by Gasteiger charge is 2.25. The fraction of sp³-hybridized carbons (Fsp3) is 0.923. The van der Waals surface area contributed by atoms with Crippen LogP contribution in [0.3, 0.4) is 0 Å². The molecule has 1 aliphatic heterocycles. The Morgan fingerprint density at radius 3 is 2.71 bits per heavy atom. The molecule has 4 nitrogen and oxygen atoms in total. The lowest BCUT2D eigenvalue weighted by atomic mass is 10.0. The fourth-order valence-electron chi connectivity index (χ4n) is 2.34. The van der Waals surface area contributed by atoms with E-state index in [0.717, 1.165) is 32.6 Å². The average molecular weight is 241 g/mol. The number of nitrogens with two attached hydrogens (primary N) is 1. The van der Waals surface area contributed by atoms with Crippen molar-refractivity contribution in [1.82, 2.24) is 9.80 Å². The largest absolute Gasteiger partial charge is 0.340 e. The summed E-state index contributed by atoms with van der Waals surface area (Å²) in [4.78, 5) is 16.5. The van der Waals surface area contributed by atoms with Gasteiger partial charge in [0.1, 0.15) is 0 Å². The summed E-state index contributed by atoms with van der Waals surface area (Å²) in [5, 5.41) is 0. The van der Waals surface area contributed by atoms with Gasteiger partial charge in [-0.05, 0) is 32.4 Å². The molecule has 0 spiro atoms. The molecule has 0 aromatic heterocycles. The standard InChI is InChI=1S/C13H27N3O/c1-4-15-7-8-16(10-12(15)3)13(17)6-5-11(2)9-14/h11-12H,4-10,14H2,1-3H3. The normalized spacial score (nSPS) is 23.8. The molecule has 4 heteroatoms. The van der Waals surface area contributed by atoms with E-state index in [9.17, 15) is 4.79 Å². The van der Waals surface area contributed by atoms with Crippen molar-refractivity contribution >= 4 is 5.91 Å². The van der Waals surface area contributed by atoms with E-state index in [-0.39, 0.29) is 0 Å². The van der Waals surface area contributed by atoms with Crippen molar-refractivity contribution in [2.24, 2.45) is 11.7 Å². The first-order valence-corrected chi connectivity index (χ1v) is 6.80. The number of nitrogens with zero attached hydrogens (tertiary/aromatic N) is 2. The Morgan fingerprint density at radius 1 is 1.47 bits per heavy atom. The van der Waals surface area contributed by atoms with Gasteiger partial charge in [-0.15, -0.1) is 0 Å². The molecule has 1 aliphatic rings. The van der Waals surface area contributed by atoms with Crippen molar-refractivity contribution in [3.8, 4) is 0 Å². The topological polar surface area (TPSA) is 49.6 Å². The van der Waals surface area contributed by atoms with E-state index in [1.165, 1.54) is 0 Å². The summed E-state index contributed by atoms with van der Waals surface area (Å²) in [5.41, 5.74) is 5.56. The summed E-state index contributed by atoms with van der Waals surface area (Å²) < 4.78 is 0. The van der Waals surface area contributed by atoms with E-state index < -0.39 is 0 Å². The second-order valence-corrected chi connectivity index (χ2v) is 5.20. The van der Waals surface area contributed by atoms with Crippen molar-refractivity contribution in [2.75, 3.05) is 32.7 Å². The quantitative estimate of drug-likeness (QED) is 0.778. The van der Waals surface area contributed by atoms with E-state index in [2.05, 4.69) is 25.7 Å². The highest BCUT2D eigenvalue weighted by Crippen LogP contribution is 2.12. The first-order valence-electron chi connectivity index (χ1n) is 6.80. The van der Waals surface area contributed by atoms with Gasteiger partial charge in [-0.1, -0.05) is 13.8 Å². The molecule has 100 valence electrons. The number of hydrogen-bond acceptors (Lipinski definition) is 3. The minimum Gasteiger partial charge on any atom is -0.340 e. The molecule has 17 heavy (non-hydrogen) atoms. The Labute approximate surface area is 105 Å². The van der Waals surface area contributed by atoms with Gasteiger partial charge in [0, 0.05) is 32.1 Å². The van der Waals surface area contributed by atoms with Gasteiger partial charge in [0.15, 0.2) is 0 Å². The minimum absolute atomic E-state index is 0.299. The second kappa shape index (κ2) is 6.97. The summed E-state index contributed by atoms with van der Waals surface area (Å²) >= 11 is 0. The zero-order valence-electron chi connectivity index (χ0n) is 11.5. The van der Waals surface area contributed by atoms with E-state index in [4.69, 9.17) is 5.73 Å². The molecule has 0 aromatic carbocycles. The summed E-state index contributed by atoms with van der Waals surface area (Å²) in [5.74, 6) is 0.751. The van der Waals surface area contributed by atoms with Crippen LogP contribution in [0.2, 0.25) is 0 Å². The number of carbonyl (C=O) groups excluding carboxylic acids is 1. The number of piperazine rings is 1. The van der Waals surface area contributed by atoms with Crippen molar-refractivity contribution in [2.45, 2.75) is 39.7 Å². The van der Waals surface area contributed by atoms with E-state index >= 15 is 0 Å². The van der Waals surface area contributed by atoms with Crippen LogP contribution in [0, 0.1) is 5.92 Å². The van der Waals surface area contributed by atoms with Crippen molar-refractivity contribution < 1.29 is 4.79 Å². The molecule has 1 amide bonds.